The third-order valence-corrected chi connectivity index (χ3v) is 2.71. The monoisotopic (exact) mass is 297 g/mol. The number of aliphatic hydroxyl groups excluding tert-OH is 2. The Labute approximate surface area is 100 Å². The third-order valence-electron chi connectivity index (χ3n) is 1.94. The zero-order chi connectivity index (χ0) is 11.4. The van der Waals surface area contributed by atoms with Gasteiger partial charge in [-0.15, -0.1) is 0 Å². The first kappa shape index (κ1) is 12.8. The first-order valence-corrected chi connectivity index (χ1v) is 5.79. The van der Waals surface area contributed by atoms with E-state index in [1.807, 2.05) is 0 Å². The number of aromatic nitrogens is 1. The lowest BCUT2D eigenvalue weighted by Crippen LogP contribution is -2.19. The largest absolute Gasteiger partial charge is 0.390 e. The van der Waals surface area contributed by atoms with Crippen LogP contribution in [0.3, 0.4) is 0 Å². The highest BCUT2D eigenvalue weighted by molar-refractivity contribution is 9.09. The van der Waals surface area contributed by atoms with Crippen LogP contribution in [0.25, 0.3) is 0 Å². The molecule has 0 aliphatic carbocycles. The first-order chi connectivity index (χ1) is 7.06. The highest BCUT2D eigenvalue weighted by Gasteiger charge is 2.21. The summed E-state index contributed by atoms with van der Waals surface area (Å²) in [4.78, 5) is 3.33. The van der Waals surface area contributed by atoms with Crippen LogP contribution >= 0.6 is 27.5 Å². The van der Waals surface area contributed by atoms with Gasteiger partial charge in [0.25, 0.3) is 0 Å². The van der Waals surface area contributed by atoms with E-state index in [0.29, 0.717) is 11.8 Å². The van der Waals surface area contributed by atoms with Crippen LogP contribution in [0.15, 0.2) is 12.3 Å². The highest BCUT2D eigenvalue weighted by Crippen LogP contribution is 2.26. The first-order valence-electron chi connectivity index (χ1n) is 4.29. The van der Waals surface area contributed by atoms with Gasteiger partial charge in [0, 0.05) is 23.2 Å². The fourth-order valence-corrected chi connectivity index (χ4v) is 1.82. The molecule has 2 N–H and O–H groups in total. The molecule has 2 unspecified atom stereocenters. The Hall–Kier alpha value is -0.230. The molecule has 2 atom stereocenters. The molecule has 0 saturated heterocycles. The quantitative estimate of drug-likeness (QED) is 0.661. The Morgan fingerprint density at radius 2 is 2.20 bits per heavy atom. The van der Waals surface area contributed by atoms with Gasteiger partial charge in [0.1, 0.15) is 6.10 Å². The van der Waals surface area contributed by atoms with Gasteiger partial charge in [-0.3, -0.25) is 0 Å². The van der Waals surface area contributed by atoms with Crippen molar-refractivity contribution in [3.05, 3.63) is 28.8 Å². The highest BCUT2D eigenvalue weighted by atomic mass is 79.9. The van der Waals surface area contributed by atoms with E-state index in [2.05, 4.69) is 20.9 Å². The molecule has 0 radical (unpaired) electrons. The number of rotatable bonds is 4. The molecule has 0 aliphatic rings. The Morgan fingerprint density at radius 3 is 2.80 bits per heavy atom. The van der Waals surface area contributed by atoms with Gasteiger partial charge in [-0.1, -0.05) is 27.5 Å². The van der Waals surface area contributed by atoms with Crippen LogP contribution in [0.4, 0.5) is 4.39 Å². The Morgan fingerprint density at radius 1 is 1.53 bits per heavy atom. The van der Waals surface area contributed by atoms with Crippen LogP contribution in [-0.4, -0.2) is 26.6 Å². The lowest BCUT2D eigenvalue weighted by atomic mass is 10.0. The number of pyridine rings is 1. The van der Waals surface area contributed by atoms with Crippen LogP contribution < -0.4 is 0 Å². The molecule has 1 aromatic rings. The number of halogens is 3. The van der Waals surface area contributed by atoms with Gasteiger partial charge in [0.2, 0.25) is 5.95 Å². The number of hydrogen-bond donors (Lipinski definition) is 2. The summed E-state index contributed by atoms with van der Waals surface area (Å²) in [5.41, 5.74) is 0.151. The van der Waals surface area contributed by atoms with E-state index in [-0.39, 0.29) is 10.6 Å². The van der Waals surface area contributed by atoms with Gasteiger partial charge in [-0.05, 0) is 6.42 Å². The summed E-state index contributed by atoms with van der Waals surface area (Å²) in [5, 5.41) is 19.9. The van der Waals surface area contributed by atoms with Gasteiger partial charge < -0.3 is 10.2 Å². The molecule has 1 aromatic heterocycles. The van der Waals surface area contributed by atoms with E-state index in [1.54, 1.807) is 0 Å². The van der Waals surface area contributed by atoms with Gasteiger partial charge in [-0.25, -0.2) is 4.98 Å². The van der Waals surface area contributed by atoms with Gasteiger partial charge in [0.05, 0.1) is 11.1 Å². The van der Waals surface area contributed by atoms with Crippen molar-refractivity contribution < 1.29 is 14.6 Å². The minimum Gasteiger partial charge on any atom is -0.390 e. The van der Waals surface area contributed by atoms with E-state index in [0.717, 1.165) is 12.3 Å². The molecule has 0 bridgehead atoms. The number of hydrogen-bond acceptors (Lipinski definition) is 3. The summed E-state index contributed by atoms with van der Waals surface area (Å²) in [5.74, 6) is -0.737. The second-order valence-corrected chi connectivity index (χ2v) is 4.22. The van der Waals surface area contributed by atoms with Crippen LogP contribution in [0.5, 0.6) is 0 Å². The summed E-state index contributed by atoms with van der Waals surface area (Å²) in [6, 6.07) is 1.02. The molecular formula is C9H10BrClFNO2. The predicted molar refractivity (Wildman–Crippen MR) is 58.6 cm³/mol. The zero-order valence-corrected chi connectivity index (χ0v) is 10.0. The average Bonchev–Trinajstić information content (AvgIpc) is 2.21. The van der Waals surface area contributed by atoms with E-state index < -0.39 is 18.2 Å². The number of alkyl halides is 1. The summed E-state index contributed by atoms with van der Waals surface area (Å²) in [6.07, 6.45) is -0.728. The molecule has 0 amide bonds. The van der Waals surface area contributed by atoms with Crippen LogP contribution in [0.1, 0.15) is 18.1 Å². The molecule has 3 nitrogen and oxygen atoms in total. The molecular weight excluding hydrogens is 288 g/mol. The summed E-state index contributed by atoms with van der Waals surface area (Å²) < 4.78 is 12.8. The second-order valence-electron chi connectivity index (χ2n) is 3.02. The van der Waals surface area contributed by atoms with E-state index in [9.17, 15) is 14.6 Å². The molecule has 0 aromatic carbocycles. The Bertz CT molecular complexity index is 340. The van der Waals surface area contributed by atoms with Gasteiger partial charge in [-0.2, -0.15) is 4.39 Å². The topological polar surface area (TPSA) is 53.4 Å². The average molecular weight is 299 g/mol. The Kier molecular flexibility index (Phi) is 4.92. The standard InChI is InChI=1S/C9H10BrClFNO2/c10-2-1-7(14)9(15)5-3-8(12)13-4-6(5)11/h3-4,7,9,14-15H,1-2H2. The molecule has 84 valence electrons. The van der Waals surface area contributed by atoms with Crippen molar-refractivity contribution in [2.24, 2.45) is 0 Å². The summed E-state index contributed by atoms with van der Waals surface area (Å²) >= 11 is 8.86. The number of aliphatic hydroxyl groups is 2. The fourth-order valence-electron chi connectivity index (χ4n) is 1.13. The normalized spacial score (nSPS) is 15.0. The molecule has 0 aliphatic heterocycles. The molecule has 0 saturated carbocycles. The van der Waals surface area contributed by atoms with Gasteiger partial charge in [0.15, 0.2) is 0 Å². The maximum Gasteiger partial charge on any atom is 0.213 e. The lowest BCUT2D eigenvalue weighted by Gasteiger charge is -2.17. The van der Waals surface area contributed by atoms with Crippen LogP contribution in [-0.2, 0) is 0 Å². The third kappa shape index (κ3) is 3.38. The van der Waals surface area contributed by atoms with Crippen molar-refractivity contribution in [1.29, 1.82) is 0 Å². The summed E-state index contributed by atoms with van der Waals surface area (Å²) in [7, 11) is 0. The van der Waals surface area contributed by atoms with Crippen molar-refractivity contribution in [2.75, 3.05) is 5.33 Å². The maximum atomic E-state index is 12.8. The molecule has 1 rings (SSSR count). The van der Waals surface area contributed by atoms with Crippen molar-refractivity contribution in [3.8, 4) is 0 Å². The smallest absolute Gasteiger partial charge is 0.213 e. The van der Waals surface area contributed by atoms with E-state index in [1.165, 1.54) is 0 Å². The van der Waals surface area contributed by atoms with E-state index in [4.69, 9.17) is 11.6 Å². The van der Waals surface area contributed by atoms with Crippen molar-refractivity contribution in [3.63, 3.8) is 0 Å². The Balaban J connectivity index is 2.89. The van der Waals surface area contributed by atoms with Crippen molar-refractivity contribution >= 4 is 27.5 Å². The SMILES string of the molecule is OC(CCBr)C(O)c1cc(F)ncc1Cl. The lowest BCUT2D eigenvalue weighted by molar-refractivity contribution is 0.0172. The van der Waals surface area contributed by atoms with E-state index >= 15 is 0 Å². The fraction of sp³-hybridized carbons (Fsp3) is 0.444. The summed E-state index contributed by atoms with van der Waals surface area (Å²) in [6.45, 7) is 0. The molecule has 0 fully saturated rings. The van der Waals surface area contributed by atoms with Gasteiger partial charge >= 0.3 is 0 Å². The van der Waals surface area contributed by atoms with Crippen molar-refractivity contribution in [1.82, 2.24) is 4.98 Å². The van der Waals surface area contributed by atoms with Crippen LogP contribution in [0.2, 0.25) is 5.02 Å². The molecule has 15 heavy (non-hydrogen) atoms. The molecule has 0 spiro atoms. The maximum absolute atomic E-state index is 12.8. The minimum absolute atomic E-state index is 0.137. The molecule has 1 heterocycles. The van der Waals surface area contributed by atoms with Crippen LogP contribution in [0, 0.1) is 5.95 Å². The number of nitrogens with zero attached hydrogens (tertiary/aromatic N) is 1. The predicted octanol–water partition coefficient (Wildman–Crippen LogP) is 2.05. The molecule has 6 heteroatoms. The van der Waals surface area contributed by atoms with Crippen molar-refractivity contribution in [2.45, 2.75) is 18.6 Å². The second kappa shape index (κ2) is 5.75. The minimum atomic E-state index is -1.20. The zero-order valence-electron chi connectivity index (χ0n) is 7.70.